The summed E-state index contributed by atoms with van der Waals surface area (Å²) in [4.78, 5) is 27.4. The van der Waals surface area contributed by atoms with E-state index in [1.165, 1.54) is 4.90 Å². The first-order chi connectivity index (χ1) is 14.4. The normalized spacial score (nSPS) is 18.1. The second-order valence-corrected chi connectivity index (χ2v) is 7.39. The van der Waals surface area contributed by atoms with E-state index >= 15 is 0 Å². The van der Waals surface area contributed by atoms with E-state index in [1.54, 1.807) is 20.3 Å². The van der Waals surface area contributed by atoms with Gasteiger partial charge in [0.2, 0.25) is 0 Å². The number of carbonyl (C=O) groups excluding carboxylic acids is 2. The Hall–Kier alpha value is -3.12. The molecule has 1 fully saturated rings. The average molecular weight is 409 g/mol. The smallest absolute Gasteiger partial charge is 0.295 e. The molecule has 1 aliphatic rings. The lowest BCUT2D eigenvalue weighted by Gasteiger charge is -2.25. The van der Waals surface area contributed by atoms with E-state index in [1.807, 2.05) is 50.2 Å². The van der Waals surface area contributed by atoms with Crippen LogP contribution < -0.4 is 4.74 Å². The number of rotatable bonds is 7. The van der Waals surface area contributed by atoms with Crippen molar-refractivity contribution in [3.05, 3.63) is 70.3 Å². The molecule has 0 spiro atoms. The average Bonchev–Trinajstić information content (AvgIpc) is 3.00. The van der Waals surface area contributed by atoms with E-state index in [4.69, 9.17) is 9.47 Å². The summed E-state index contributed by atoms with van der Waals surface area (Å²) in [6.45, 7) is 4.53. The van der Waals surface area contributed by atoms with Gasteiger partial charge in [0, 0.05) is 25.8 Å². The lowest BCUT2D eigenvalue weighted by atomic mass is 9.93. The zero-order valence-electron chi connectivity index (χ0n) is 17.8. The fraction of sp³-hybridized carbons (Fsp3) is 0.333. The van der Waals surface area contributed by atoms with Gasteiger partial charge in [-0.1, -0.05) is 30.3 Å². The van der Waals surface area contributed by atoms with Crippen molar-refractivity contribution in [3.8, 4) is 5.75 Å². The van der Waals surface area contributed by atoms with Gasteiger partial charge in [-0.25, -0.2) is 0 Å². The van der Waals surface area contributed by atoms with Crippen LogP contribution in [0.25, 0.3) is 5.76 Å². The molecule has 158 valence electrons. The zero-order valence-corrected chi connectivity index (χ0v) is 17.8. The Morgan fingerprint density at radius 3 is 2.40 bits per heavy atom. The van der Waals surface area contributed by atoms with Crippen LogP contribution in [0.4, 0.5) is 0 Å². The van der Waals surface area contributed by atoms with Crippen LogP contribution in [0.1, 0.15) is 34.7 Å². The van der Waals surface area contributed by atoms with Crippen LogP contribution in [-0.2, 0) is 14.3 Å². The molecule has 1 atom stereocenters. The van der Waals surface area contributed by atoms with Gasteiger partial charge in [0.1, 0.15) is 11.5 Å². The van der Waals surface area contributed by atoms with Crippen LogP contribution in [0.3, 0.4) is 0 Å². The summed E-state index contributed by atoms with van der Waals surface area (Å²) < 4.78 is 10.5. The van der Waals surface area contributed by atoms with Crippen molar-refractivity contribution in [3.63, 3.8) is 0 Å². The summed E-state index contributed by atoms with van der Waals surface area (Å²) in [5, 5.41) is 11.2. The maximum Gasteiger partial charge on any atom is 0.295 e. The van der Waals surface area contributed by atoms with E-state index < -0.39 is 17.7 Å². The third kappa shape index (κ3) is 3.96. The molecule has 1 aliphatic heterocycles. The molecule has 0 bridgehead atoms. The highest BCUT2D eigenvalue weighted by atomic mass is 16.5. The number of aliphatic hydroxyl groups is 1. The van der Waals surface area contributed by atoms with Crippen LogP contribution in [0.5, 0.6) is 5.75 Å². The Morgan fingerprint density at radius 1 is 1.07 bits per heavy atom. The lowest BCUT2D eigenvalue weighted by Crippen LogP contribution is -2.31. The van der Waals surface area contributed by atoms with Gasteiger partial charge in [0.15, 0.2) is 0 Å². The molecule has 1 amide bonds. The van der Waals surface area contributed by atoms with Crippen LogP contribution in [-0.4, -0.2) is 49.1 Å². The largest absolute Gasteiger partial charge is 0.507 e. The molecular formula is C24H27NO5. The third-order valence-corrected chi connectivity index (χ3v) is 5.40. The number of methoxy groups -OCH3 is 2. The van der Waals surface area contributed by atoms with Crippen molar-refractivity contribution in [1.29, 1.82) is 0 Å². The van der Waals surface area contributed by atoms with Gasteiger partial charge in [-0.05, 0) is 49.1 Å². The number of benzene rings is 2. The molecular weight excluding hydrogens is 382 g/mol. The first-order valence-corrected chi connectivity index (χ1v) is 9.88. The molecule has 1 unspecified atom stereocenters. The minimum Gasteiger partial charge on any atom is -0.507 e. The maximum absolute atomic E-state index is 13.0. The Kier molecular flexibility index (Phi) is 6.57. The van der Waals surface area contributed by atoms with Gasteiger partial charge in [0.05, 0.1) is 18.7 Å². The molecule has 3 rings (SSSR count). The molecule has 0 radical (unpaired) electrons. The summed E-state index contributed by atoms with van der Waals surface area (Å²) in [6.07, 6.45) is 0.591. The predicted molar refractivity (Wildman–Crippen MR) is 114 cm³/mol. The highest BCUT2D eigenvalue weighted by molar-refractivity contribution is 6.46. The predicted octanol–water partition coefficient (Wildman–Crippen LogP) is 3.77. The summed E-state index contributed by atoms with van der Waals surface area (Å²) in [5.74, 6) is -0.751. The van der Waals surface area contributed by atoms with E-state index in [0.717, 1.165) is 16.7 Å². The van der Waals surface area contributed by atoms with E-state index in [-0.39, 0.29) is 11.3 Å². The number of aryl methyl sites for hydroxylation is 2. The molecule has 0 aliphatic carbocycles. The Morgan fingerprint density at radius 2 is 1.77 bits per heavy atom. The van der Waals surface area contributed by atoms with Crippen molar-refractivity contribution >= 4 is 17.4 Å². The van der Waals surface area contributed by atoms with Crippen molar-refractivity contribution in [2.24, 2.45) is 0 Å². The zero-order chi connectivity index (χ0) is 21.8. The second-order valence-electron chi connectivity index (χ2n) is 7.39. The quantitative estimate of drug-likeness (QED) is 0.326. The van der Waals surface area contributed by atoms with Gasteiger partial charge in [0.25, 0.3) is 11.7 Å². The van der Waals surface area contributed by atoms with Gasteiger partial charge in [-0.15, -0.1) is 0 Å². The molecule has 6 heteroatoms. The summed E-state index contributed by atoms with van der Waals surface area (Å²) in [5.41, 5.74) is 2.99. The molecule has 1 saturated heterocycles. The molecule has 2 aromatic rings. The fourth-order valence-corrected chi connectivity index (χ4v) is 3.88. The number of hydrogen-bond acceptors (Lipinski definition) is 5. The lowest BCUT2D eigenvalue weighted by molar-refractivity contribution is -0.140. The first kappa shape index (κ1) is 21.6. The number of Topliss-reactive ketones (excluding diaryl/α,β-unsaturated/α-hetero) is 1. The molecule has 0 aromatic heterocycles. The standard InChI is InChI=1S/C24H27NO5/c1-15-14-19(30-4)16(2)13-18(15)22(26)20-21(17-9-6-5-7-10-17)25(11-8-12-29-3)24(28)23(20)27/h5-7,9-10,13-14,21,26H,8,11-12H2,1-4H3/b22-20+. The number of nitrogens with zero attached hydrogens (tertiary/aromatic N) is 1. The monoisotopic (exact) mass is 409 g/mol. The fourth-order valence-electron chi connectivity index (χ4n) is 3.88. The Balaban J connectivity index is 2.16. The number of likely N-dealkylation sites (tertiary alicyclic amines) is 1. The molecule has 30 heavy (non-hydrogen) atoms. The summed E-state index contributed by atoms with van der Waals surface area (Å²) >= 11 is 0. The topological polar surface area (TPSA) is 76.1 Å². The minimum atomic E-state index is -0.674. The first-order valence-electron chi connectivity index (χ1n) is 9.88. The highest BCUT2D eigenvalue weighted by Crippen LogP contribution is 2.40. The molecule has 6 nitrogen and oxygen atoms in total. The van der Waals surface area contributed by atoms with Crippen LogP contribution in [0, 0.1) is 13.8 Å². The number of hydrogen-bond donors (Lipinski definition) is 1. The molecule has 0 saturated carbocycles. The highest BCUT2D eigenvalue weighted by Gasteiger charge is 2.45. The Labute approximate surface area is 176 Å². The number of ketones is 1. The third-order valence-electron chi connectivity index (χ3n) is 5.40. The van der Waals surface area contributed by atoms with Crippen molar-refractivity contribution in [2.75, 3.05) is 27.4 Å². The van der Waals surface area contributed by atoms with Crippen LogP contribution in [0.15, 0.2) is 48.0 Å². The van der Waals surface area contributed by atoms with Gasteiger partial charge >= 0.3 is 0 Å². The number of amides is 1. The van der Waals surface area contributed by atoms with Crippen LogP contribution >= 0.6 is 0 Å². The van der Waals surface area contributed by atoms with Crippen LogP contribution in [0.2, 0.25) is 0 Å². The number of aliphatic hydroxyl groups excluding tert-OH is 1. The molecule has 2 aromatic carbocycles. The minimum absolute atomic E-state index is 0.108. The van der Waals surface area contributed by atoms with E-state index in [0.29, 0.717) is 30.9 Å². The molecule has 1 heterocycles. The summed E-state index contributed by atoms with van der Waals surface area (Å²) in [6, 6.07) is 12.3. The number of ether oxygens (including phenoxy) is 2. The van der Waals surface area contributed by atoms with Gasteiger partial charge in [-0.3, -0.25) is 9.59 Å². The second kappa shape index (κ2) is 9.13. The van der Waals surface area contributed by atoms with Gasteiger partial charge in [-0.2, -0.15) is 0 Å². The SMILES string of the molecule is COCCCN1C(=O)C(=O)/C(=C(/O)c2cc(C)c(OC)cc2C)C1c1ccccc1. The maximum atomic E-state index is 13.0. The van der Waals surface area contributed by atoms with E-state index in [9.17, 15) is 14.7 Å². The van der Waals surface area contributed by atoms with E-state index in [2.05, 4.69) is 0 Å². The summed E-state index contributed by atoms with van der Waals surface area (Å²) in [7, 11) is 3.18. The van der Waals surface area contributed by atoms with Crippen molar-refractivity contribution in [1.82, 2.24) is 4.90 Å². The number of carbonyl (C=O) groups is 2. The van der Waals surface area contributed by atoms with Crippen molar-refractivity contribution < 1.29 is 24.2 Å². The van der Waals surface area contributed by atoms with Crippen molar-refractivity contribution in [2.45, 2.75) is 26.3 Å². The van der Waals surface area contributed by atoms with Gasteiger partial charge < -0.3 is 19.5 Å². The Bertz CT molecular complexity index is 981. The molecule has 1 N–H and O–H groups in total.